The second kappa shape index (κ2) is 6.24. The van der Waals surface area contributed by atoms with Crippen molar-refractivity contribution in [2.45, 2.75) is 52.5 Å². The van der Waals surface area contributed by atoms with Gasteiger partial charge in [-0.15, -0.1) is 0 Å². The molecule has 0 radical (unpaired) electrons. The van der Waals surface area contributed by atoms with Crippen molar-refractivity contribution in [2.24, 2.45) is 23.5 Å². The summed E-state index contributed by atoms with van der Waals surface area (Å²) in [7, 11) is 0. The predicted octanol–water partition coefficient (Wildman–Crippen LogP) is 1.91. The Balaban J connectivity index is 2.38. The summed E-state index contributed by atoms with van der Waals surface area (Å²) in [4.78, 5) is 11.9. The number of carbonyl (C=O) groups excluding carboxylic acids is 1. The minimum absolute atomic E-state index is 0.0524. The Morgan fingerprint density at radius 3 is 2.69 bits per heavy atom. The van der Waals surface area contributed by atoms with Gasteiger partial charge in [0.1, 0.15) is 0 Å². The standard InChI is InChI=1S/C13H26N2O/c1-9-4-5-12(11(3)8-9)15-13(16)10(2)6-7-14/h9-12H,4-8,14H2,1-3H3,(H,15,16). The fourth-order valence-electron chi connectivity index (χ4n) is 2.59. The molecule has 16 heavy (non-hydrogen) atoms. The van der Waals surface area contributed by atoms with E-state index in [9.17, 15) is 4.79 Å². The molecule has 4 unspecified atom stereocenters. The van der Waals surface area contributed by atoms with E-state index in [1.54, 1.807) is 0 Å². The molecule has 1 saturated carbocycles. The predicted molar refractivity (Wildman–Crippen MR) is 66.9 cm³/mol. The molecule has 94 valence electrons. The highest BCUT2D eigenvalue weighted by molar-refractivity contribution is 5.78. The molecule has 3 nitrogen and oxygen atoms in total. The maximum atomic E-state index is 11.9. The van der Waals surface area contributed by atoms with Gasteiger partial charge in [0.05, 0.1) is 0 Å². The fraction of sp³-hybridized carbons (Fsp3) is 0.923. The number of nitrogens with two attached hydrogens (primary N) is 1. The van der Waals surface area contributed by atoms with E-state index in [0.29, 0.717) is 18.5 Å². The Bertz CT molecular complexity index is 230. The number of carbonyl (C=O) groups is 1. The SMILES string of the molecule is CC1CCC(NC(=O)C(C)CCN)C(C)C1. The van der Waals surface area contributed by atoms with Crippen molar-refractivity contribution in [2.75, 3.05) is 6.54 Å². The normalized spacial score (nSPS) is 32.1. The van der Waals surface area contributed by atoms with Gasteiger partial charge in [-0.2, -0.15) is 0 Å². The second-order valence-corrected chi connectivity index (χ2v) is 5.49. The molecule has 0 aliphatic heterocycles. The van der Waals surface area contributed by atoms with Crippen LogP contribution in [0.4, 0.5) is 0 Å². The number of hydrogen-bond donors (Lipinski definition) is 2. The number of amides is 1. The lowest BCUT2D eigenvalue weighted by Gasteiger charge is -2.33. The Kier molecular flexibility index (Phi) is 5.26. The van der Waals surface area contributed by atoms with Gasteiger partial charge >= 0.3 is 0 Å². The van der Waals surface area contributed by atoms with Crippen molar-refractivity contribution in [1.29, 1.82) is 0 Å². The summed E-state index contributed by atoms with van der Waals surface area (Å²) in [6.07, 6.45) is 4.38. The number of hydrogen-bond acceptors (Lipinski definition) is 2. The van der Waals surface area contributed by atoms with Crippen LogP contribution in [0.15, 0.2) is 0 Å². The molecule has 0 aromatic carbocycles. The first-order valence-electron chi connectivity index (χ1n) is 6.55. The molecular weight excluding hydrogens is 200 g/mol. The first-order valence-corrected chi connectivity index (χ1v) is 6.55. The molecule has 0 bridgehead atoms. The molecule has 1 rings (SSSR count). The van der Waals surface area contributed by atoms with Crippen LogP contribution in [0.1, 0.15) is 46.5 Å². The van der Waals surface area contributed by atoms with Crippen molar-refractivity contribution < 1.29 is 4.79 Å². The summed E-state index contributed by atoms with van der Waals surface area (Å²) in [5.41, 5.74) is 5.47. The molecule has 0 heterocycles. The van der Waals surface area contributed by atoms with Gasteiger partial charge in [0.2, 0.25) is 5.91 Å². The van der Waals surface area contributed by atoms with E-state index in [4.69, 9.17) is 5.73 Å². The maximum absolute atomic E-state index is 11.9. The average Bonchev–Trinajstić information content (AvgIpc) is 2.22. The van der Waals surface area contributed by atoms with Gasteiger partial charge in [0.15, 0.2) is 0 Å². The van der Waals surface area contributed by atoms with Crippen LogP contribution in [0.5, 0.6) is 0 Å². The fourth-order valence-corrected chi connectivity index (χ4v) is 2.59. The van der Waals surface area contributed by atoms with Crippen molar-refractivity contribution in [3.05, 3.63) is 0 Å². The van der Waals surface area contributed by atoms with E-state index in [2.05, 4.69) is 19.2 Å². The van der Waals surface area contributed by atoms with Crippen molar-refractivity contribution in [1.82, 2.24) is 5.32 Å². The highest BCUT2D eigenvalue weighted by Crippen LogP contribution is 2.28. The lowest BCUT2D eigenvalue weighted by atomic mass is 9.79. The molecule has 3 N–H and O–H groups in total. The van der Waals surface area contributed by atoms with Gasteiger partial charge < -0.3 is 11.1 Å². The summed E-state index contributed by atoms with van der Waals surface area (Å²) in [6.45, 7) is 7.09. The summed E-state index contributed by atoms with van der Waals surface area (Å²) < 4.78 is 0. The largest absolute Gasteiger partial charge is 0.353 e. The zero-order chi connectivity index (χ0) is 12.1. The van der Waals surface area contributed by atoms with Crippen LogP contribution in [0.2, 0.25) is 0 Å². The van der Waals surface area contributed by atoms with E-state index in [1.807, 2.05) is 6.92 Å². The molecule has 0 aromatic rings. The van der Waals surface area contributed by atoms with Crippen LogP contribution in [-0.4, -0.2) is 18.5 Å². The molecule has 3 heteroatoms. The van der Waals surface area contributed by atoms with Crippen molar-refractivity contribution in [3.63, 3.8) is 0 Å². The minimum Gasteiger partial charge on any atom is -0.353 e. The first kappa shape index (κ1) is 13.5. The molecule has 1 amide bonds. The van der Waals surface area contributed by atoms with E-state index in [0.717, 1.165) is 18.8 Å². The van der Waals surface area contributed by atoms with Crippen LogP contribution in [0, 0.1) is 17.8 Å². The topological polar surface area (TPSA) is 55.1 Å². The zero-order valence-electron chi connectivity index (χ0n) is 10.8. The van der Waals surface area contributed by atoms with Gasteiger partial charge in [-0.05, 0) is 44.1 Å². The Morgan fingerprint density at radius 2 is 2.12 bits per heavy atom. The Labute approximate surface area is 99.2 Å². The molecular formula is C13H26N2O. The van der Waals surface area contributed by atoms with Crippen molar-refractivity contribution >= 4 is 5.91 Å². The lowest BCUT2D eigenvalue weighted by Crippen LogP contribution is -2.44. The quantitative estimate of drug-likeness (QED) is 0.769. The monoisotopic (exact) mass is 226 g/mol. The maximum Gasteiger partial charge on any atom is 0.223 e. The number of nitrogens with one attached hydrogen (secondary N) is 1. The van der Waals surface area contributed by atoms with Crippen LogP contribution < -0.4 is 11.1 Å². The van der Waals surface area contributed by atoms with Crippen LogP contribution in [0.3, 0.4) is 0 Å². The summed E-state index contributed by atoms with van der Waals surface area (Å²) in [5.74, 6) is 1.65. The van der Waals surface area contributed by atoms with Crippen LogP contribution in [-0.2, 0) is 4.79 Å². The van der Waals surface area contributed by atoms with Gasteiger partial charge in [-0.1, -0.05) is 20.8 Å². The van der Waals surface area contributed by atoms with E-state index in [-0.39, 0.29) is 11.8 Å². The smallest absolute Gasteiger partial charge is 0.223 e. The van der Waals surface area contributed by atoms with Gasteiger partial charge in [0, 0.05) is 12.0 Å². The summed E-state index contributed by atoms with van der Waals surface area (Å²) >= 11 is 0. The summed E-state index contributed by atoms with van der Waals surface area (Å²) in [6, 6.07) is 0.379. The molecule has 1 aliphatic rings. The van der Waals surface area contributed by atoms with Crippen molar-refractivity contribution in [3.8, 4) is 0 Å². The minimum atomic E-state index is 0.0524. The molecule has 4 atom stereocenters. The van der Waals surface area contributed by atoms with Crippen LogP contribution >= 0.6 is 0 Å². The second-order valence-electron chi connectivity index (χ2n) is 5.49. The van der Waals surface area contributed by atoms with Gasteiger partial charge in [-0.3, -0.25) is 4.79 Å². The van der Waals surface area contributed by atoms with E-state index in [1.165, 1.54) is 12.8 Å². The molecule has 1 aliphatic carbocycles. The first-order chi connectivity index (χ1) is 7.54. The third-order valence-corrected chi connectivity index (χ3v) is 3.81. The van der Waals surface area contributed by atoms with Gasteiger partial charge in [-0.25, -0.2) is 0 Å². The third kappa shape index (κ3) is 3.78. The number of rotatable bonds is 4. The van der Waals surface area contributed by atoms with E-state index >= 15 is 0 Å². The molecule has 0 saturated heterocycles. The Morgan fingerprint density at radius 1 is 1.44 bits per heavy atom. The zero-order valence-corrected chi connectivity index (χ0v) is 10.8. The molecule has 0 aromatic heterocycles. The summed E-state index contributed by atoms with van der Waals surface area (Å²) in [5, 5.41) is 3.18. The van der Waals surface area contributed by atoms with Crippen LogP contribution in [0.25, 0.3) is 0 Å². The molecule has 1 fully saturated rings. The lowest BCUT2D eigenvalue weighted by molar-refractivity contribution is -0.126. The Hall–Kier alpha value is -0.570. The third-order valence-electron chi connectivity index (χ3n) is 3.81. The average molecular weight is 226 g/mol. The highest BCUT2D eigenvalue weighted by Gasteiger charge is 2.27. The highest BCUT2D eigenvalue weighted by atomic mass is 16.1. The molecule has 0 spiro atoms. The van der Waals surface area contributed by atoms with E-state index < -0.39 is 0 Å². The van der Waals surface area contributed by atoms with Gasteiger partial charge in [0.25, 0.3) is 0 Å².